The number of aryl methyl sites for hydroxylation is 2. The Bertz CT molecular complexity index is 1490. The van der Waals surface area contributed by atoms with E-state index in [4.69, 9.17) is 16.2 Å². The van der Waals surface area contributed by atoms with E-state index in [2.05, 4.69) is 78.8 Å². The fourth-order valence-electron chi connectivity index (χ4n) is 9.10. The van der Waals surface area contributed by atoms with Crippen molar-refractivity contribution in [1.82, 2.24) is 30.2 Å². The zero-order chi connectivity index (χ0) is 41.4. The van der Waals surface area contributed by atoms with E-state index in [0.717, 1.165) is 143 Å². The van der Waals surface area contributed by atoms with E-state index in [-0.39, 0.29) is 35.5 Å². The average molecular weight is 815 g/mol. The van der Waals surface area contributed by atoms with Gasteiger partial charge in [0.15, 0.2) is 0 Å². The summed E-state index contributed by atoms with van der Waals surface area (Å²) in [5.74, 6) is -0.120. The van der Waals surface area contributed by atoms with Gasteiger partial charge < -0.3 is 36.6 Å². The second-order valence-electron chi connectivity index (χ2n) is 17.5. The van der Waals surface area contributed by atoms with Crippen LogP contribution in [0.1, 0.15) is 86.5 Å². The zero-order valence-corrected chi connectivity index (χ0v) is 35.3. The number of ether oxygens (including phenoxy) is 1. The molecule has 13 heteroatoms. The highest BCUT2D eigenvalue weighted by Crippen LogP contribution is 2.22. The van der Waals surface area contributed by atoms with Crippen molar-refractivity contribution in [1.29, 1.82) is 0 Å². The first kappa shape index (κ1) is 44.7. The van der Waals surface area contributed by atoms with E-state index >= 15 is 0 Å². The topological polar surface area (TPSA) is 167 Å². The molecule has 4 fully saturated rings. The molecule has 324 valence electrons. The Morgan fingerprint density at radius 3 is 1.15 bits per heavy atom. The lowest BCUT2D eigenvalue weighted by Gasteiger charge is -2.37. The lowest BCUT2D eigenvalue weighted by atomic mass is 9.96. The van der Waals surface area contributed by atoms with Gasteiger partial charge in [0.05, 0.1) is 12.2 Å². The third kappa shape index (κ3) is 15.3. The van der Waals surface area contributed by atoms with Crippen LogP contribution < -0.4 is 22.1 Å². The Morgan fingerprint density at radius 1 is 0.492 bits per heavy atom. The van der Waals surface area contributed by atoms with Crippen LogP contribution in [0.5, 0.6) is 0 Å². The van der Waals surface area contributed by atoms with Crippen LogP contribution in [0.3, 0.4) is 0 Å². The number of nitrogens with one attached hydrogen (secondary N) is 2. The first-order chi connectivity index (χ1) is 28.6. The minimum absolute atomic E-state index is 0.0148. The van der Waals surface area contributed by atoms with Gasteiger partial charge in [-0.15, -0.1) is 0 Å². The van der Waals surface area contributed by atoms with Crippen LogP contribution in [0.4, 0.5) is 0 Å². The molecule has 0 saturated carbocycles. The minimum atomic E-state index is -0.176. The Morgan fingerprint density at radius 2 is 0.814 bits per heavy atom. The fourth-order valence-corrected chi connectivity index (χ4v) is 9.10. The van der Waals surface area contributed by atoms with Gasteiger partial charge in [-0.05, 0) is 113 Å². The van der Waals surface area contributed by atoms with Crippen molar-refractivity contribution in [2.75, 3.05) is 78.5 Å². The van der Waals surface area contributed by atoms with Crippen molar-refractivity contribution < 1.29 is 23.9 Å². The summed E-state index contributed by atoms with van der Waals surface area (Å²) in [6.45, 7) is 12.4. The smallest absolute Gasteiger partial charge is 0.220 e. The summed E-state index contributed by atoms with van der Waals surface area (Å²) in [4.78, 5) is 57.6. The summed E-state index contributed by atoms with van der Waals surface area (Å²) < 4.78 is 6.55. The standard InChI is InChI=1S/C46H70N8O5/c47-45(57)39-13-23-53(24-14-39)33-37-5-1-35(2-6-37)9-11-43(55)49-21-31-51-27-17-41(18-28-51)59-42-19-29-52(30-20-42)32-22-50-44(56)12-10-36-3-7-38(8-4-36)34-54-25-15-40(16-26-54)46(48)58/h1-8,39-42H,9-34H2,(H2,47,57)(H2,48,58)(H,49,55)(H,50,56). The van der Waals surface area contributed by atoms with Crippen LogP contribution in [0, 0.1) is 11.8 Å². The molecule has 4 amide bonds. The second kappa shape index (κ2) is 23.2. The predicted molar refractivity (Wildman–Crippen MR) is 230 cm³/mol. The molecule has 0 aromatic heterocycles. The van der Waals surface area contributed by atoms with Crippen LogP contribution in [-0.2, 0) is 49.8 Å². The maximum atomic E-state index is 12.6. The van der Waals surface area contributed by atoms with Crippen molar-refractivity contribution in [2.45, 2.75) is 102 Å². The van der Waals surface area contributed by atoms with Crippen LogP contribution in [0.25, 0.3) is 0 Å². The highest BCUT2D eigenvalue weighted by atomic mass is 16.5. The second-order valence-corrected chi connectivity index (χ2v) is 17.5. The molecule has 0 bridgehead atoms. The van der Waals surface area contributed by atoms with Gasteiger partial charge in [-0.2, -0.15) is 0 Å². The maximum absolute atomic E-state index is 12.6. The van der Waals surface area contributed by atoms with Gasteiger partial charge in [0.2, 0.25) is 23.6 Å². The van der Waals surface area contributed by atoms with Gasteiger partial charge >= 0.3 is 0 Å². The van der Waals surface area contributed by atoms with Crippen LogP contribution >= 0.6 is 0 Å². The van der Waals surface area contributed by atoms with Crippen molar-refractivity contribution >= 4 is 23.6 Å². The average Bonchev–Trinajstić information content (AvgIpc) is 3.25. The number of benzene rings is 2. The lowest BCUT2D eigenvalue weighted by Crippen LogP contribution is -2.44. The van der Waals surface area contributed by atoms with Crippen LogP contribution in [-0.4, -0.2) is 134 Å². The van der Waals surface area contributed by atoms with Crippen molar-refractivity contribution in [3.8, 4) is 0 Å². The monoisotopic (exact) mass is 815 g/mol. The van der Waals surface area contributed by atoms with E-state index in [9.17, 15) is 19.2 Å². The molecule has 4 aliphatic heterocycles. The van der Waals surface area contributed by atoms with E-state index in [1.807, 2.05) is 0 Å². The van der Waals surface area contributed by atoms with E-state index < -0.39 is 0 Å². The summed E-state index contributed by atoms with van der Waals surface area (Å²) >= 11 is 0. The highest BCUT2D eigenvalue weighted by Gasteiger charge is 2.27. The first-order valence-corrected chi connectivity index (χ1v) is 22.5. The molecule has 6 rings (SSSR count). The number of nitrogens with two attached hydrogens (primary N) is 2. The number of hydrogen-bond donors (Lipinski definition) is 4. The van der Waals surface area contributed by atoms with Crippen molar-refractivity contribution in [3.05, 3.63) is 70.8 Å². The molecule has 0 unspecified atom stereocenters. The lowest BCUT2D eigenvalue weighted by molar-refractivity contribution is -0.124. The summed E-state index contributed by atoms with van der Waals surface area (Å²) in [7, 11) is 0. The van der Waals surface area contributed by atoms with Gasteiger partial charge in [-0.3, -0.25) is 29.0 Å². The molecule has 2 aromatic carbocycles. The van der Waals surface area contributed by atoms with Gasteiger partial charge in [-0.25, -0.2) is 0 Å². The van der Waals surface area contributed by atoms with Gasteiger partial charge in [-0.1, -0.05) is 48.5 Å². The number of hydrogen-bond acceptors (Lipinski definition) is 9. The molecule has 4 saturated heterocycles. The Kier molecular flexibility index (Phi) is 17.6. The van der Waals surface area contributed by atoms with E-state index in [1.165, 1.54) is 22.3 Å². The third-order valence-electron chi connectivity index (χ3n) is 13.1. The predicted octanol–water partition coefficient (Wildman–Crippen LogP) is 2.82. The first-order valence-electron chi connectivity index (χ1n) is 22.5. The Labute approximate surface area is 351 Å². The zero-order valence-electron chi connectivity index (χ0n) is 35.3. The largest absolute Gasteiger partial charge is 0.375 e. The third-order valence-corrected chi connectivity index (χ3v) is 13.1. The highest BCUT2D eigenvalue weighted by molar-refractivity contribution is 5.77. The van der Waals surface area contributed by atoms with E-state index in [0.29, 0.717) is 38.1 Å². The maximum Gasteiger partial charge on any atom is 0.220 e. The van der Waals surface area contributed by atoms with E-state index in [1.54, 1.807) is 0 Å². The molecule has 13 nitrogen and oxygen atoms in total. The Balaban J connectivity index is 0.743. The number of carbonyl (C=O) groups excluding carboxylic acids is 4. The number of nitrogens with zero attached hydrogens (tertiary/aromatic N) is 4. The summed E-state index contributed by atoms with van der Waals surface area (Å²) in [5.41, 5.74) is 15.8. The number of primary amides is 2. The SMILES string of the molecule is NC(=O)C1CCN(Cc2ccc(CCC(=O)NCCN3CCC(OC4CCN(CCNC(=O)CCc5ccc(CN6CCC(C(N)=O)CC6)cc5)CC4)CC3)cc2)CC1. The van der Waals surface area contributed by atoms with Crippen LogP contribution in [0.15, 0.2) is 48.5 Å². The molecule has 0 aliphatic carbocycles. The molecule has 4 aliphatic rings. The fraction of sp³-hybridized carbons (Fsp3) is 0.652. The Hall–Kier alpha value is -3.88. The summed E-state index contributed by atoms with van der Waals surface area (Å²) in [6.07, 6.45) is 10.5. The molecule has 59 heavy (non-hydrogen) atoms. The van der Waals surface area contributed by atoms with Gasteiger partial charge in [0.25, 0.3) is 0 Å². The molecular weight excluding hydrogens is 745 g/mol. The quantitative estimate of drug-likeness (QED) is 0.157. The van der Waals surface area contributed by atoms with Crippen molar-refractivity contribution in [3.63, 3.8) is 0 Å². The number of amides is 4. The minimum Gasteiger partial charge on any atom is -0.375 e. The van der Waals surface area contributed by atoms with Crippen molar-refractivity contribution in [2.24, 2.45) is 23.3 Å². The molecule has 6 N–H and O–H groups in total. The molecular formula is C46H70N8O5. The molecule has 4 heterocycles. The normalized spacial score (nSPS) is 20.1. The molecule has 0 atom stereocenters. The number of carbonyl (C=O) groups is 4. The number of piperidine rings is 4. The number of rotatable bonds is 20. The molecule has 2 aromatic rings. The van der Waals surface area contributed by atoms with Gasteiger partial charge in [0, 0.05) is 90.1 Å². The van der Waals surface area contributed by atoms with Crippen LogP contribution in [0.2, 0.25) is 0 Å². The summed E-state index contributed by atoms with van der Waals surface area (Å²) in [6, 6.07) is 17.1. The summed E-state index contributed by atoms with van der Waals surface area (Å²) in [5, 5.41) is 6.24. The number of likely N-dealkylation sites (tertiary alicyclic amines) is 4. The molecule has 0 spiro atoms. The molecule has 0 radical (unpaired) electrons. The van der Waals surface area contributed by atoms with Gasteiger partial charge in [0.1, 0.15) is 0 Å².